The van der Waals surface area contributed by atoms with E-state index in [1.54, 1.807) is 22.5 Å². The number of aliphatic hydroxyl groups excluding tert-OH is 2. The molecule has 2 aliphatic heterocycles. The lowest BCUT2D eigenvalue weighted by Crippen LogP contribution is -2.48. The van der Waals surface area contributed by atoms with E-state index < -0.39 is 15.6 Å². The highest BCUT2D eigenvalue weighted by Crippen LogP contribution is 2.39. The normalized spacial score (nSPS) is 23.1. The average molecular weight is 489 g/mol. The van der Waals surface area contributed by atoms with Crippen LogP contribution in [0, 0.1) is 0 Å². The van der Waals surface area contributed by atoms with Crippen LogP contribution < -0.4 is 9.62 Å². The summed E-state index contributed by atoms with van der Waals surface area (Å²) in [5.41, 5.74) is 3.44. The number of nitrogens with one attached hydrogen (secondary N) is 1. The molecule has 0 aromatic heterocycles. The summed E-state index contributed by atoms with van der Waals surface area (Å²) in [6.45, 7) is 5.41. The van der Waals surface area contributed by atoms with Gasteiger partial charge in [-0.2, -0.15) is 0 Å². The molecule has 2 aromatic rings. The lowest BCUT2D eigenvalue weighted by molar-refractivity contribution is -0.0849. The zero-order valence-corrected chi connectivity index (χ0v) is 20.9. The van der Waals surface area contributed by atoms with E-state index in [1.807, 2.05) is 19.1 Å². The maximum Gasteiger partial charge on any atom is 0.264 e. The number of anilines is 1. The van der Waals surface area contributed by atoms with Crippen LogP contribution in [0.2, 0.25) is 0 Å². The first-order valence-corrected chi connectivity index (χ1v) is 13.7. The van der Waals surface area contributed by atoms with Crippen molar-refractivity contribution in [3.05, 3.63) is 58.7 Å². The van der Waals surface area contributed by atoms with Gasteiger partial charge in [0.2, 0.25) is 0 Å². The van der Waals surface area contributed by atoms with Crippen LogP contribution in [-0.4, -0.2) is 51.0 Å². The van der Waals surface area contributed by atoms with Crippen molar-refractivity contribution < 1.29 is 23.4 Å². The van der Waals surface area contributed by atoms with Gasteiger partial charge in [-0.15, -0.1) is 0 Å². The van der Waals surface area contributed by atoms with Gasteiger partial charge in [-0.05, 0) is 66.1 Å². The molecule has 0 spiro atoms. The summed E-state index contributed by atoms with van der Waals surface area (Å²) in [4.78, 5) is 0.161. The largest absolute Gasteiger partial charge is 0.396 e. The summed E-state index contributed by atoms with van der Waals surface area (Å²) < 4.78 is 35.7. The van der Waals surface area contributed by atoms with Gasteiger partial charge in [-0.1, -0.05) is 32.0 Å². The maximum atomic E-state index is 14.0. The average Bonchev–Trinajstić information content (AvgIpc) is 2.87. The van der Waals surface area contributed by atoms with Gasteiger partial charge in [0, 0.05) is 32.2 Å². The predicted molar refractivity (Wildman–Crippen MR) is 132 cm³/mol. The summed E-state index contributed by atoms with van der Waals surface area (Å²) in [6, 6.07) is 10.9. The van der Waals surface area contributed by atoms with Gasteiger partial charge in [0.05, 0.1) is 23.8 Å². The lowest BCUT2D eigenvalue weighted by Gasteiger charge is -2.40. The fraction of sp³-hybridized carbons (Fsp3) is 0.538. The molecule has 34 heavy (non-hydrogen) atoms. The van der Waals surface area contributed by atoms with Crippen molar-refractivity contribution in [2.75, 3.05) is 30.6 Å². The molecule has 0 radical (unpaired) electrons. The van der Waals surface area contributed by atoms with Crippen LogP contribution in [0.5, 0.6) is 0 Å². The monoisotopic (exact) mass is 488 g/mol. The zero-order chi connectivity index (χ0) is 24.3. The molecule has 0 aliphatic carbocycles. The molecule has 2 heterocycles. The van der Waals surface area contributed by atoms with Gasteiger partial charge in [-0.3, -0.25) is 4.31 Å². The highest BCUT2D eigenvalue weighted by atomic mass is 32.2. The van der Waals surface area contributed by atoms with Gasteiger partial charge in [-0.25, -0.2) is 8.42 Å². The molecule has 186 valence electrons. The Hall–Kier alpha value is -1.97. The summed E-state index contributed by atoms with van der Waals surface area (Å²) in [5.74, 6) is 0. The second kappa shape index (κ2) is 10.3. The van der Waals surface area contributed by atoms with Crippen molar-refractivity contribution >= 4 is 15.7 Å². The third kappa shape index (κ3) is 4.50. The van der Waals surface area contributed by atoms with Crippen molar-refractivity contribution in [1.82, 2.24) is 5.32 Å². The van der Waals surface area contributed by atoms with Gasteiger partial charge < -0.3 is 20.3 Å². The van der Waals surface area contributed by atoms with Crippen LogP contribution in [-0.2, 0) is 39.8 Å². The Bertz CT molecular complexity index is 1110. The molecular formula is C26H36N2O5S. The number of nitrogens with zero attached hydrogens (tertiary/aromatic N) is 1. The number of ether oxygens (including phenoxy) is 1. The zero-order valence-electron chi connectivity index (χ0n) is 20.1. The second-order valence-electron chi connectivity index (χ2n) is 9.19. The van der Waals surface area contributed by atoms with Crippen molar-refractivity contribution in [3.63, 3.8) is 0 Å². The van der Waals surface area contributed by atoms with Gasteiger partial charge in [0.25, 0.3) is 10.0 Å². The minimum Gasteiger partial charge on any atom is -0.396 e. The summed E-state index contributed by atoms with van der Waals surface area (Å²) in [7, 11) is -3.85. The molecule has 2 aliphatic rings. The van der Waals surface area contributed by atoms with Gasteiger partial charge >= 0.3 is 0 Å². The number of rotatable bonds is 8. The fourth-order valence-corrected chi connectivity index (χ4v) is 7.18. The van der Waals surface area contributed by atoms with Gasteiger partial charge in [0.1, 0.15) is 5.60 Å². The fourth-order valence-electron chi connectivity index (χ4n) is 5.33. The minimum atomic E-state index is -3.85. The van der Waals surface area contributed by atoms with Crippen LogP contribution in [0.1, 0.15) is 55.4 Å². The molecule has 8 heteroatoms. The second-order valence-corrected chi connectivity index (χ2v) is 11.0. The van der Waals surface area contributed by atoms with Crippen LogP contribution in [0.3, 0.4) is 0 Å². The first kappa shape index (κ1) is 25.1. The van der Waals surface area contributed by atoms with Crippen LogP contribution in [0.15, 0.2) is 41.3 Å². The molecule has 0 amide bonds. The van der Waals surface area contributed by atoms with Crippen molar-refractivity contribution in [1.29, 1.82) is 0 Å². The molecule has 3 N–H and O–H groups in total. The summed E-state index contributed by atoms with van der Waals surface area (Å²) in [5, 5.41) is 23.2. The third-order valence-electron chi connectivity index (χ3n) is 7.22. The Morgan fingerprint density at radius 1 is 1.18 bits per heavy atom. The highest BCUT2D eigenvalue weighted by Gasteiger charge is 2.39. The van der Waals surface area contributed by atoms with E-state index in [2.05, 4.69) is 18.3 Å². The van der Waals surface area contributed by atoms with Crippen molar-refractivity contribution in [2.24, 2.45) is 0 Å². The number of hydrogen-bond acceptors (Lipinski definition) is 6. The Morgan fingerprint density at radius 2 is 2.00 bits per heavy atom. The smallest absolute Gasteiger partial charge is 0.264 e. The van der Waals surface area contributed by atoms with E-state index in [1.165, 1.54) is 5.56 Å². The molecule has 1 saturated heterocycles. The number of aryl methyl sites for hydroxylation is 2. The highest BCUT2D eigenvalue weighted by molar-refractivity contribution is 7.92. The molecule has 1 fully saturated rings. The van der Waals surface area contributed by atoms with Crippen molar-refractivity contribution in [2.45, 2.75) is 69.1 Å². The topological polar surface area (TPSA) is 99.1 Å². The van der Waals surface area contributed by atoms with E-state index in [0.717, 1.165) is 36.9 Å². The summed E-state index contributed by atoms with van der Waals surface area (Å²) >= 11 is 0. The standard InChI is InChI=1S/C26H36N2O5S/c1-3-19-5-10-25-20(15-19)6-7-22(4-2)28(25)34(31,32)23-8-9-24(21(16-23)17-30)26(11-13-29)18-27-12-14-33-26/h5,8-10,15-16,22,27,29-30H,3-4,6-7,11-14,17-18H2,1-2H3. The number of fused-ring (bicyclic) bond motifs is 1. The number of morpholine rings is 1. The van der Waals surface area contributed by atoms with Gasteiger partial charge in [0.15, 0.2) is 0 Å². The number of hydrogen-bond donors (Lipinski definition) is 3. The maximum absolute atomic E-state index is 14.0. The Labute approximate surface area is 202 Å². The van der Waals surface area contributed by atoms with E-state index in [-0.39, 0.29) is 24.2 Å². The number of sulfonamides is 1. The van der Waals surface area contributed by atoms with Crippen LogP contribution in [0.4, 0.5) is 5.69 Å². The molecule has 2 unspecified atom stereocenters. The molecule has 4 rings (SSSR count). The third-order valence-corrected chi connectivity index (χ3v) is 9.08. The Balaban J connectivity index is 1.78. The first-order valence-electron chi connectivity index (χ1n) is 12.3. The quantitative estimate of drug-likeness (QED) is 0.529. The molecule has 2 aromatic carbocycles. The molecule has 0 bridgehead atoms. The first-order chi connectivity index (χ1) is 16.4. The van der Waals surface area contributed by atoms with Crippen LogP contribution >= 0.6 is 0 Å². The van der Waals surface area contributed by atoms with Crippen LogP contribution in [0.25, 0.3) is 0 Å². The van der Waals surface area contributed by atoms with E-state index in [0.29, 0.717) is 37.2 Å². The minimum absolute atomic E-state index is 0.0743. The predicted octanol–water partition coefficient (Wildman–Crippen LogP) is 2.86. The van der Waals surface area contributed by atoms with Crippen molar-refractivity contribution in [3.8, 4) is 0 Å². The molecule has 0 saturated carbocycles. The molecule has 2 atom stereocenters. The SMILES string of the molecule is CCc1ccc2c(c1)CCC(CC)N2S(=O)(=O)c1ccc(C2(CCO)CNCCO2)c(CO)c1. The lowest BCUT2D eigenvalue weighted by atomic mass is 9.86. The van der Waals surface area contributed by atoms with E-state index in [4.69, 9.17) is 4.74 Å². The Kier molecular flexibility index (Phi) is 7.64. The summed E-state index contributed by atoms with van der Waals surface area (Å²) in [6.07, 6.45) is 3.63. The van der Waals surface area contributed by atoms with E-state index >= 15 is 0 Å². The Morgan fingerprint density at radius 3 is 2.65 bits per heavy atom. The molecular weight excluding hydrogens is 452 g/mol. The van der Waals surface area contributed by atoms with E-state index in [9.17, 15) is 18.6 Å². The number of aliphatic hydroxyl groups is 2. The number of benzene rings is 2. The molecule has 7 nitrogen and oxygen atoms in total.